The van der Waals surface area contributed by atoms with Gasteiger partial charge in [-0.2, -0.15) is 0 Å². The molecule has 3 rings (SSSR count). The summed E-state index contributed by atoms with van der Waals surface area (Å²) in [6.07, 6.45) is 3.56. The third kappa shape index (κ3) is 7.71. The molecule has 0 radical (unpaired) electrons. The molecule has 3 aromatic rings. The quantitative estimate of drug-likeness (QED) is 0.337. The summed E-state index contributed by atoms with van der Waals surface area (Å²) in [5.74, 6) is 13.2. The zero-order chi connectivity index (χ0) is 23.2. The van der Waals surface area contributed by atoms with Crippen molar-refractivity contribution in [3.05, 3.63) is 83.2 Å². The van der Waals surface area contributed by atoms with Crippen molar-refractivity contribution in [2.75, 3.05) is 0 Å². The Morgan fingerprint density at radius 3 is 1.56 bits per heavy atom. The Hall–Kier alpha value is -3.37. The molecule has 0 saturated carbocycles. The van der Waals surface area contributed by atoms with Gasteiger partial charge in [-0.25, -0.2) is 0 Å². The Morgan fingerprint density at radius 1 is 0.562 bits per heavy atom. The number of hydrogen-bond acceptors (Lipinski definition) is 2. The lowest BCUT2D eigenvalue weighted by Gasteiger charge is -2.05. The number of benzene rings is 1. The molecule has 2 aromatic heterocycles. The largest absolute Gasteiger partial charge is 0.255 e. The molecule has 158 valence electrons. The zero-order valence-corrected chi connectivity index (χ0v) is 21.7. The molecule has 0 aliphatic heterocycles. The van der Waals surface area contributed by atoms with Crippen molar-refractivity contribution in [1.29, 1.82) is 0 Å². The standard InChI is InChI=1S/C28H28N2Si2/c1-31(2,3)17-14-25-19-24(20-26(21-25)15-18-32(4,5)6)11-10-23-12-13-28(30-22-23)27-9-7-8-16-29-27/h7-9,12-13,16,19-22H,1-6H3. The van der Waals surface area contributed by atoms with Crippen LogP contribution in [0.1, 0.15) is 22.3 Å². The van der Waals surface area contributed by atoms with Gasteiger partial charge in [0.15, 0.2) is 0 Å². The minimum atomic E-state index is -1.47. The van der Waals surface area contributed by atoms with E-state index in [1.165, 1.54) is 0 Å². The number of rotatable bonds is 1. The summed E-state index contributed by atoms with van der Waals surface area (Å²) in [5, 5.41) is 0. The lowest BCUT2D eigenvalue weighted by molar-refractivity contribution is 1.24. The van der Waals surface area contributed by atoms with Gasteiger partial charge in [-0.05, 0) is 42.5 Å². The van der Waals surface area contributed by atoms with Gasteiger partial charge in [0, 0.05) is 34.6 Å². The number of pyridine rings is 2. The van der Waals surface area contributed by atoms with Crippen LogP contribution in [0.3, 0.4) is 0 Å². The van der Waals surface area contributed by atoms with Crippen LogP contribution in [0.15, 0.2) is 60.9 Å². The molecule has 0 saturated heterocycles. The summed E-state index contributed by atoms with van der Waals surface area (Å²) < 4.78 is 0. The number of nitrogens with zero attached hydrogens (tertiary/aromatic N) is 2. The second-order valence-corrected chi connectivity index (χ2v) is 19.2. The van der Waals surface area contributed by atoms with Gasteiger partial charge in [0.1, 0.15) is 16.1 Å². The Bertz CT molecular complexity index is 1230. The van der Waals surface area contributed by atoms with Gasteiger partial charge in [-0.3, -0.25) is 9.97 Å². The fraction of sp³-hybridized carbons (Fsp3) is 0.214. The molecule has 0 unspecified atom stereocenters. The van der Waals surface area contributed by atoms with E-state index in [0.29, 0.717) is 0 Å². The van der Waals surface area contributed by atoms with Gasteiger partial charge in [0.05, 0.1) is 11.4 Å². The minimum Gasteiger partial charge on any atom is -0.255 e. The first-order valence-corrected chi connectivity index (χ1v) is 17.7. The Balaban J connectivity index is 1.93. The minimum absolute atomic E-state index is 0.837. The van der Waals surface area contributed by atoms with E-state index in [1.54, 1.807) is 12.4 Å². The predicted octanol–water partition coefficient (Wildman–Crippen LogP) is 6.00. The van der Waals surface area contributed by atoms with Gasteiger partial charge in [0.2, 0.25) is 0 Å². The third-order valence-electron chi connectivity index (χ3n) is 4.14. The van der Waals surface area contributed by atoms with Crippen LogP contribution in [0.4, 0.5) is 0 Å². The number of hydrogen-bond donors (Lipinski definition) is 0. The van der Waals surface area contributed by atoms with E-state index in [0.717, 1.165) is 33.6 Å². The van der Waals surface area contributed by atoms with Crippen LogP contribution in [0.2, 0.25) is 39.3 Å². The fourth-order valence-electron chi connectivity index (χ4n) is 2.64. The van der Waals surface area contributed by atoms with E-state index in [2.05, 4.69) is 102 Å². The van der Waals surface area contributed by atoms with Gasteiger partial charge >= 0.3 is 0 Å². The highest BCUT2D eigenvalue weighted by molar-refractivity contribution is 6.84. The van der Waals surface area contributed by atoms with Crippen molar-refractivity contribution in [2.24, 2.45) is 0 Å². The Morgan fingerprint density at radius 2 is 1.09 bits per heavy atom. The molecule has 0 spiro atoms. The molecule has 0 bridgehead atoms. The molecule has 0 aliphatic carbocycles. The molecule has 0 atom stereocenters. The van der Waals surface area contributed by atoms with Gasteiger partial charge < -0.3 is 0 Å². The average molecular weight is 449 g/mol. The lowest BCUT2D eigenvalue weighted by atomic mass is 10.1. The maximum atomic E-state index is 4.51. The maximum Gasteiger partial charge on any atom is 0.129 e. The van der Waals surface area contributed by atoms with E-state index in [-0.39, 0.29) is 0 Å². The summed E-state index contributed by atoms with van der Waals surface area (Å²) in [7, 11) is -2.93. The summed E-state index contributed by atoms with van der Waals surface area (Å²) in [6, 6.07) is 15.9. The summed E-state index contributed by atoms with van der Waals surface area (Å²) in [5.41, 5.74) is 12.3. The molecule has 4 heteroatoms. The van der Waals surface area contributed by atoms with Crippen LogP contribution in [0, 0.1) is 34.8 Å². The average Bonchev–Trinajstić information content (AvgIpc) is 2.75. The highest BCUT2D eigenvalue weighted by atomic mass is 28.3. The van der Waals surface area contributed by atoms with Crippen molar-refractivity contribution < 1.29 is 0 Å². The van der Waals surface area contributed by atoms with Crippen LogP contribution < -0.4 is 0 Å². The van der Waals surface area contributed by atoms with Crippen molar-refractivity contribution in [3.63, 3.8) is 0 Å². The van der Waals surface area contributed by atoms with Crippen molar-refractivity contribution in [3.8, 4) is 46.2 Å². The fourth-order valence-corrected chi connectivity index (χ4v) is 3.68. The molecule has 0 aliphatic rings. The molecular formula is C28H28N2Si2. The first-order chi connectivity index (χ1) is 15.1. The molecule has 2 heterocycles. The summed E-state index contributed by atoms with van der Waals surface area (Å²) in [6.45, 7) is 13.5. The lowest BCUT2D eigenvalue weighted by Crippen LogP contribution is -2.16. The van der Waals surface area contributed by atoms with E-state index < -0.39 is 16.1 Å². The van der Waals surface area contributed by atoms with Crippen molar-refractivity contribution in [1.82, 2.24) is 9.97 Å². The van der Waals surface area contributed by atoms with E-state index in [9.17, 15) is 0 Å². The zero-order valence-electron chi connectivity index (χ0n) is 19.7. The highest BCUT2D eigenvalue weighted by Crippen LogP contribution is 2.14. The topological polar surface area (TPSA) is 25.8 Å². The first kappa shape index (κ1) is 23.3. The van der Waals surface area contributed by atoms with E-state index >= 15 is 0 Å². The molecule has 0 amide bonds. The SMILES string of the molecule is C[Si](C)(C)C#Cc1cc(C#Cc2ccc(-c3ccccn3)nc2)cc(C#C[Si](C)(C)C)c1. The van der Waals surface area contributed by atoms with Crippen LogP contribution in [0.5, 0.6) is 0 Å². The van der Waals surface area contributed by atoms with E-state index in [1.807, 2.05) is 30.3 Å². The van der Waals surface area contributed by atoms with Crippen molar-refractivity contribution in [2.45, 2.75) is 39.3 Å². The van der Waals surface area contributed by atoms with Gasteiger partial charge in [-0.1, -0.05) is 69.0 Å². The summed E-state index contributed by atoms with van der Waals surface area (Å²) in [4.78, 5) is 8.85. The second-order valence-electron chi connectivity index (χ2n) is 9.70. The molecule has 0 fully saturated rings. The molecule has 32 heavy (non-hydrogen) atoms. The van der Waals surface area contributed by atoms with E-state index in [4.69, 9.17) is 0 Å². The van der Waals surface area contributed by atoms with Crippen LogP contribution >= 0.6 is 0 Å². The van der Waals surface area contributed by atoms with Crippen LogP contribution in [-0.2, 0) is 0 Å². The van der Waals surface area contributed by atoms with Crippen LogP contribution in [-0.4, -0.2) is 26.1 Å². The second kappa shape index (κ2) is 9.84. The van der Waals surface area contributed by atoms with Gasteiger partial charge in [0.25, 0.3) is 0 Å². The molecule has 0 N–H and O–H groups in total. The first-order valence-electron chi connectivity index (χ1n) is 10.7. The van der Waals surface area contributed by atoms with Crippen molar-refractivity contribution >= 4 is 16.1 Å². The highest BCUT2D eigenvalue weighted by Gasteiger charge is 2.09. The molecular weight excluding hydrogens is 420 g/mol. The monoisotopic (exact) mass is 448 g/mol. The Kier molecular flexibility index (Phi) is 7.16. The maximum absolute atomic E-state index is 4.51. The predicted molar refractivity (Wildman–Crippen MR) is 140 cm³/mol. The summed E-state index contributed by atoms with van der Waals surface area (Å²) >= 11 is 0. The van der Waals surface area contributed by atoms with Gasteiger partial charge in [-0.15, -0.1) is 11.1 Å². The van der Waals surface area contributed by atoms with Crippen LogP contribution in [0.25, 0.3) is 11.4 Å². The molecule has 1 aromatic carbocycles. The molecule has 2 nitrogen and oxygen atoms in total. The number of aromatic nitrogens is 2. The Labute approximate surface area is 194 Å². The normalized spacial score (nSPS) is 10.7. The smallest absolute Gasteiger partial charge is 0.129 e. The third-order valence-corrected chi connectivity index (χ3v) is 5.89.